The van der Waals surface area contributed by atoms with Gasteiger partial charge in [-0.3, -0.25) is 15.0 Å². The number of nitrogens with two attached hydrogens (primary N) is 1. The first-order chi connectivity index (χ1) is 26.0. The molecule has 0 bridgehead atoms. The zero-order valence-corrected chi connectivity index (χ0v) is 31.5. The molecule has 0 aliphatic rings. The van der Waals surface area contributed by atoms with Crippen LogP contribution in [0.2, 0.25) is 0 Å². The fraction of sp³-hybridized carbons (Fsp3) is 0.213. The standard InChI is InChI=1S/C47H49N5O2/c1-31(2)35-13-9-33(10-14-35)29-52(30-34-11-15-36(16-12-34)32(3)4)42-22-20-41(21-23-42)50-47(54)40-19-24-44(51-46(53)26-25-45(48)49)43(28-40)39-18-17-37-7-5-6-8-38(37)27-39/h5-24,27-28,31-32H,25-26,29-30H2,1-4H3,(H3,48,49)(H,50,54)(H,51,53). The van der Waals surface area contributed by atoms with Crippen molar-refractivity contribution in [3.8, 4) is 11.1 Å². The maximum atomic E-state index is 13.7. The van der Waals surface area contributed by atoms with E-state index in [1.54, 1.807) is 12.1 Å². The Morgan fingerprint density at radius 1 is 0.648 bits per heavy atom. The molecule has 0 saturated carbocycles. The summed E-state index contributed by atoms with van der Waals surface area (Å²) in [6.07, 6.45) is 0.266. The van der Waals surface area contributed by atoms with Crippen LogP contribution in [-0.2, 0) is 17.9 Å². The van der Waals surface area contributed by atoms with Gasteiger partial charge in [0.25, 0.3) is 5.91 Å². The highest BCUT2D eigenvalue weighted by atomic mass is 16.2. The second-order valence-corrected chi connectivity index (χ2v) is 14.5. The Labute approximate surface area is 318 Å². The van der Waals surface area contributed by atoms with Gasteiger partial charge in [0, 0.05) is 54.1 Å². The van der Waals surface area contributed by atoms with Crippen LogP contribution in [0.3, 0.4) is 0 Å². The molecule has 0 fully saturated rings. The van der Waals surface area contributed by atoms with E-state index in [9.17, 15) is 9.59 Å². The molecule has 0 unspecified atom stereocenters. The molecule has 0 aliphatic carbocycles. The Balaban J connectivity index is 1.24. The third-order valence-electron chi connectivity index (χ3n) is 9.77. The van der Waals surface area contributed by atoms with Crippen molar-refractivity contribution >= 4 is 45.5 Å². The smallest absolute Gasteiger partial charge is 0.255 e. The van der Waals surface area contributed by atoms with Gasteiger partial charge in [0.15, 0.2) is 0 Å². The molecule has 2 amide bonds. The van der Waals surface area contributed by atoms with E-state index in [1.807, 2.05) is 54.6 Å². The minimum atomic E-state index is -0.258. The number of hydrogen-bond donors (Lipinski definition) is 4. The normalized spacial score (nSPS) is 11.1. The first-order valence-corrected chi connectivity index (χ1v) is 18.6. The second kappa shape index (κ2) is 17.1. The Morgan fingerprint density at radius 3 is 1.81 bits per heavy atom. The highest BCUT2D eigenvalue weighted by Gasteiger charge is 2.16. The molecule has 7 nitrogen and oxygen atoms in total. The molecule has 6 aromatic rings. The van der Waals surface area contributed by atoms with Gasteiger partial charge in [-0.25, -0.2) is 0 Å². The summed E-state index contributed by atoms with van der Waals surface area (Å²) in [5.74, 6) is 0.404. The van der Waals surface area contributed by atoms with Crippen LogP contribution in [0.25, 0.3) is 21.9 Å². The number of carbonyl (C=O) groups is 2. The van der Waals surface area contributed by atoms with E-state index in [0.29, 0.717) is 28.8 Å². The quantitative estimate of drug-likeness (QED) is 0.0664. The molecule has 0 aliphatic heterocycles. The van der Waals surface area contributed by atoms with Crippen LogP contribution >= 0.6 is 0 Å². The predicted molar refractivity (Wildman–Crippen MR) is 225 cm³/mol. The molecular weight excluding hydrogens is 667 g/mol. The summed E-state index contributed by atoms with van der Waals surface area (Å²) in [4.78, 5) is 28.9. The van der Waals surface area contributed by atoms with Gasteiger partial charge in [0.1, 0.15) is 0 Å². The average Bonchev–Trinajstić information content (AvgIpc) is 3.17. The summed E-state index contributed by atoms with van der Waals surface area (Å²) < 4.78 is 0. The lowest BCUT2D eigenvalue weighted by Gasteiger charge is -2.26. The first-order valence-electron chi connectivity index (χ1n) is 18.6. The van der Waals surface area contributed by atoms with Crippen molar-refractivity contribution in [2.45, 2.75) is 65.5 Å². The number of carbonyl (C=O) groups excluding carboxylic acids is 2. The number of amidine groups is 1. The number of fused-ring (bicyclic) bond motifs is 1. The van der Waals surface area contributed by atoms with Crippen LogP contribution < -0.4 is 21.3 Å². The molecule has 0 aromatic heterocycles. The molecule has 274 valence electrons. The summed E-state index contributed by atoms with van der Waals surface area (Å²) in [6, 6.07) is 45.2. The van der Waals surface area contributed by atoms with Crippen molar-refractivity contribution in [3.05, 3.63) is 161 Å². The van der Waals surface area contributed by atoms with Crippen LogP contribution in [0, 0.1) is 5.41 Å². The van der Waals surface area contributed by atoms with Crippen molar-refractivity contribution in [3.63, 3.8) is 0 Å². The number of nitrogens with zero attached hydrogens (tertiary/aromatic N) is 1. The lowest BCUT2D eigenvalue weighted by molar-refractivity contribution is -0.116. The van der Waals surface area contributed by atoms with E-state index < -0.39 is 0 Å². The van der Waals surface area contributed by atoms with Crippen molar-refractivity contribution in [1.29, 1.82) is 5.41 Å². The van der Waals surface area contributed by atoms with Crippen molar-refractivity contribution in [2.75, 3.05) is 15.5 Å². The minimum absolute atomic E-state index is 0.0413. The lowest BCUT2D eigenvalue weighted by atomic mass is 9.97. The predicted octanol–water partition coefficient (Wildman–Crippen LogP) is 10.9. The minimum Gasteiger partial charge on any atom is -0.388 e. The zero-order valence-electron chi connectivity index (χ0n) is 31.5. The van der Waals surface area contributed by atoms with Gasteiger partial charge in [-0.1, -0.05) is 113 Å². The maximum Gasteiger partial charge on any atom is 0.255 e. The fourth-order valence-electron chi connectivity index (χ4n) is 6.51. The van der Waals surface area contributed by atoms with Crippen molar-refractivity contribution in [2.24, 2.45) is 5.73 Å². The van der Waals surface area contributed by atoms with Gasteiger partial charge >= 0.3 is 0 Å². The zero-order chi connectivity index (χ0) is 38.2. The van der Waals surface area contributed by atoms with Gasteiger partial charge in [-0.15, -0.1) is 0 Å². The number of amides is 2. The molecule has 0 radical (unpaired) electrons. The molecule has 0 heterocycles. The number of nitrogens with one attached hydrogen (secondary N) is 3. The maximum absolute atomic E-state index is 13.7. The molecule has 6 aromatic carbocycles. The topological polar surface area (TPSA) is 111 Å². The van der Waals surface area contributed by atoms with Gasteiger partial charge in [-0.2, -0.15) is 0 Å². The summed E-state index contributed by atoms with van der Waals surface area (Å²) in [7, 11) is 0. The second-order valence-electron chi connectivity index (χ2n) is 14.5. The molecule has 7 heteroatoms. The SMILES string of the molecule is CC(C)c1ccc(CN(Cc2ccc(C(C)C)cc2)c2ccc(NC(=O)c3ccc(NC(=O)CCC(=N)N)c(-c4ccc5ccccc5c4)c3)cc2)cc1. The van der Waals surface area contributed by atoms with E-state index in [2.05, 4.69) is 110 Å². The van der Waals surface area contributed by atoms with Gasteiger partial charge in [0.2, 0.25) is 5.91 Å². The molecule has 54 heavy (non-hydrogen) atoms. The summed E-state index contributed by atoms with van der Waals surface area (Å²) in [5.41, 5.74) is 15.0. The number of rotatable bonds is 14. The van der Waals surface area contributed by atoms with Crippen LogP contribution in [0.4, 0.5) is 17.1 Å². The van der Waals surface area contributed by atoms with Crippen LogP contribution in [0.1, 0.15) is 85.0 Å². The van der Waals surface area contributed by atoms with Crippen LogP contribution in [0.15, 0.2) is 133 Å². The lowest BCUT2D eigenvalue weighted by Crippen LogP contribution is -2.22. The Bertz CT molecular complexity index is 2190. The van der Waals surface area contributed by atoms with E-state index in [1.165, 1.54) is 22.3 Å². The fourth-order valence-corrected chi connectivity index (χ4v) is 6.51. The molecule has 0 saturated heterocycles. The Kier molecular flexibility index (Phi) is 11.9. The highest BCUT2D eigenvalue weighted by Crippen LogP contribution is 2.33. The van der Waals surface area contributed by atoms with Gasteiger partial charge in [-0.05, 0) is 99.0 Å². The average molecular weight is 716 g/mol. The monoisotopic (exact) mass is 715 g/mol. The van der Waals surface area contributed by atoms with Crippen LogP contribution in [0.5, 0.6) is 0 Å². The van der Waals surface area contributed by atoms with Gasteiger partial charge < -0.3 is 21.3 Å². The van der Waals surface area contributed by atoms with E-state index >= 15 is 0 Å². The number of anilines is 3. The largest absolute Gasteiger partial charge is 0.388 e. The van der Waals surface area contributed by atoms with E-state index in [4.69, 9.17) is 11.1 Å². The van der Waals surface area contributed by atoms with Crippen molar-refractivity contribution < 1.29 is 9.59 Å². The third-order valence-corrected chi connectivity index (χ3v) is 9.77. The summed E-state index contributed by atoms with van der Waals surface area (Å²) in [6.45, 7) is 10.3. The van der Waals surface area contributed by atoms with E-state index in [-0.39, 0.29) is 30.5 Å². The molecular formula is C47H49N5O2. The van der Waals surface area contributed by atoms with Gasteiger partial charge in [0.05, 0.1) is 5.84 Å². The third kappa shape index (κ3) is 9.61. The molecule has 5 N–H and O–H groups in total. The Hall–Kier alpha value is -6.21. The van der Waals surface area contributed by atoms with Crippen LogP contribution in [-0.4, -0.2) is 17.6 Å². The number of benzene rings is 6. The summed E-state index contributed by atoms with van der Waals surface area (Å²) in [5, 5.41) is 15.7. The van der Waals surface area contributed by atoms with Crippen molar-refractivity contribution in [1.82, 2.24) is 0 Å². The Morgan fingerprint density at radius 2 is 1.24 bits per heavy atom. The first kappa shape index (κ1) is 37.5. The number of hydrogen-bond acceptors (Lipinski definition) is 4. The molecule has 0 spiro atoms. The molecule has 0 atom stereocenters. The highest BCUT2D eigenvalue weighted by molar-refractivity contribution is 6.07. The van der Waals surface area contributed by atoms with E-state index in [0.717, 1.165) is 40.7 Å². The molecule has 6 rings (SSSR count). The summed E-state index contributed by atoms with van der Waals surface area (Å²) >= 11 is 0.